The van der Waals surface area contributed by atoms with Gasteiger partial charge in [0.1, 0.15) is 23.9 Å². The number of benzene rings is 2. The van der Waals surface area contributed by atoms with E-state index in [4.69, 9.17) is 9.40 Å². The van der Waals surface area contributed by atoms with Crippen molar-refractivity contribution in [2.45, 2.75) is 57.2 Å². The summed E-state index contributed by atoms with van der Waals surface area (Å²) in [7, 11) is 0. The van der Waals surface area contributed by atoms with Crippen molar-refractivity contribution in [3.8, 4) is 17.1 Å². The van der Waals surface area contributed by atoms with E-state index in [-0.39, 0.29) is 24.6 Å². The first-order chi connectivity index (χ1) is 19.0. The summed E-state index contributed by atoms with van der Waals surface area (Å²) in [5, 5.41) is 20.8. The minimum absolute atomic E-state index is 0.116. The molecule has 2 aromatic carbocycles. The molecule has 7 rings (SSSR count). The standard InChI is InChI=1S/C30H28N4O5/c35-20-7-8-23-21(13-20)22-14-27(30(37)38)33(15-25(22)31-23)29(36)17-6-9-26-24(12-17)32-28(18-10-11-39-16-18)34(26)19-4-2-1-3-5-19/h6-13,16,19,27,31,35H,1-5,14-15H2,(H,37,38)/t27-/m0/s1. The van der Waals surface area contributed by atoms with Crippen LogP contribution in [0, 0.1) is 0 Å². The molecule has 0 radical (unpaired) electrons. The molecule has 0 unspecified atom stereocenters. The average Bonchev–Trinajstić information content (AvgIpc) is 3.69. The van der Waals surface area contributed by atoms with Gasteiger partial charge in [-0.15, -0.1) is 0 Å². The number of amides is 1. The maximum absolute atomic E-state index is 13.8. The fourth-order valence-electron chi connectivity index (χ4n) is 6.38. The van der Waals surface area contributed by atoms with Crippen LogP contribution in [-0.2, 0) is 17.8 Å². The zero-order valence-corrected chi connectivity index (χ0v) is 21.3. The van der Waals surface area contributed by atoms with Gasteiger partial charge in [-0.25, -0.2) is 9.78 Å². The predicted molar refractivity (Wildman–Crippen MR) is 145 cm³/mol. The van der Waals surface area contributed by atoms with Crippen molar-refractivity contribution in [1.29, 1.82) is 0 Å². The highest BCUT2D eigenvalue weighted by Crippen LogP contribution is 2.37. The number of hydrogen-bond acceptors (Lipinski definition) is 5. The van der Waals surface area contributed by atoms with Gasteiger partial charge in [-0.3, -0.25) is 4.79 Å². The van der Waals surface area contributed by atoms with Gasteiger partial charge in [-0.2, -0.15) is 0 Å². The number of carboxylic acid groups (broad SMARTS) is 1. The number of rotatable bonds is 4. The van der Waals surface area contributed by atoms with E-state index >= 15 is 0 Å². The molecule has 1 saturated carbocycles. The lowest BCUT2D eigenvalue weighted by Gasteiger charge is -2.33. The molecule has 0 saturated heterocycles. The van der Waals surface area contributed by atoms with Gasteiger partial charge in [0, 0.05) is 34.6 Å². The Bertz CT molecular complexity index is 1730. The third-order valence-corrected chi connectivity index (χ3v) is 8.28. The SMILES string of the molecule is O=C(O)[C@@H]1Cc2c([nH]c3ccc(O)cc23)CN1C(=O)c1ccc2c(c1)nc(-c1ccoc1)n2C1CCCCC1. The fourth-order valence-corrected chi connectivity index (χ4v) is 6.38. The van der Waals surface area contributed by atoms with Crippen LogP contribution < -0.4 is 0 Å². The van der Waals surface area contributed by atoms with Gasteiger partial charge in [0.25, 0.3) is 5.91 Å². The third kappa shape index (κ3) is 3.88. The number of carboxylic acids is 1. The summed E-state index contributed by atoms with van der Waals surface area (Å²) in [5.74, 6) is -0.477. The van der Waals surface area contributed by atoms with Crippen LogP contribution in [0.25, 0.3) is 33.3 Å². The molecule has 1 fully saturated rings. The van der Waals surface area contributed by atoms with Gasteiger partial charge in [-0.05, 0) is 60.9 Å². The first kappa shape index (κ1) is 23.6. The number of imidazole rings is 1. The van der Waals surface area contributed by atoms with E-state index in [0.29, 0.717) is 17.1 Å². The lowest BCUT2D eigenvalue weighted by Crippen LogP contribution is -2.48. The maximum atomic E-state index is 13.8. The Morgan fingerprint density at radius 3 is 2.67 bits per heavy atom. The van der Waals surface area contributed by atoms with Crippen molar-refractivity contribution in [3.05, 3.63) is 71.8 Å². The van der Waals surface area contributed by atoms with Crippen LogP contribution in [0.5, 0.6) is 5.75 Å². The Labute approximate surface area is 223 Å². The minimum atomic E-state index is -1.06. The van der Waals surface area contributed by atoms with E-state index in [1.807, 2.05) is 12.1 Å². The number of aromatic hydroxyl groups is 1. The summed E-state index contributed by atoms with van der Waals surface area (Å²) in [6, 6.07) is 11.7. The molecule has 198 valence electrons. The van der Waals surface area contributed by atoms with Gasteiger partial charge < -0.3 is 29.1 Å². The number of furan rings is 1. The molecule has 3 aromatic heterocycles. The van der Waals surface area contributed by atoms with Crippen LogP contribution in [0.4, 0.5) is 0 Å². The van der Waals surface area contributed by atoms with Crippen LogP contribution >= 0.6 is 0 Å². The molecule has 1 aliphatic carbocycles. The number of nitrogens with one attached hydrogen (secondary N) is 1. The summed E-state index contributed by atoms with van der Waals surface area (Å²) in [4.78, 5) is 35.8. The van der Waals surface area contributed by atoms with E-state index in [1.165, 1.54) is 24.2 Å². The zero-order valence-electron chi connectivity index (χ0n) is 21.3. The fraction of sp³-hybridized carbons (Fsp3) is 0.300. The van der Waals surface area contributed by atoms with Gasteiger partial charge in [-0.1, -0.05) is 19.3 Å². The quantitative estimate of drug-likeness (QED) is 0.279. The van der Waals surface area contributed by atoms with Crippen LogP contribution in [-0.4, -0.2) is 47.6 Å². The minimum Gasteiger partial charge on any atom is -0.508 e. The van der Waals surface area contributed by atoms with Crippen LogP contribution in [0.3, 0.4) is 0 Å². The summed E-state index contributed by atoms with van der Waals surface area (Å²) >= 11 is 0. The molecule has 0 spiro atoms. The van der Waals surface area contributed by atoms with Gasteiger partial charge in [0.05, 0.1) is 29.4 Å². The second-order valence-electron chi connectivity index (χ2n) is 10.6. The third-order valence-electron chi connectivity index (χ3n) is 8.28. The first-order valence-electron chi connectivity index (χ1n) is 13.4. The number of aromatic nitrogens is 3. The number of aromatic amines is 1. The molecule has 2 aliphatic rings. The number of phenols is 1. The highest BCUT2D eigenvalue weighted by atomic mass is 16.4. The van der Waals surface area contributed by atoms with Crippen LogP contribution in [0.15, 0.2) is 59.4 Å². The zero-order chi connectivity index (χ0) is 26.7. The van der Waals surface area contributed by atoms with E-state index in [0.717, 1.165) is 51.9 Å². The normalized spacial score (nSPS) is 18.1. The number of hydrogen-bond donors (Lipinski definition) is 3. The molecule has 0 bridgehead atoms. The number of nitrogens with zero attached hydrogens (tertiary/aromatic N) is 3. The molecule has 4 heterocycles. The predicted octanol–water partition coefficient (Wildman–Crippen LogP) is 5.64. The van der Waals surface area contributed by atoms with Crippen LogP contribution in [0.1, 0.15) is 59.8 Å². The molecule has 39 heavy (non-hydrogen) atoms. The highest BCUT2D eigenvalue weighted by Gasteiger charge is 2.37. The Kier molecular flexibility index (Phi) is 5.47. The maximum Gasteiger partial charge on any atom is 0.326 e. The molecule has 1 atom stereocenters. The molecule has 3 N–H and O–H groups in total. The van der Waals surface area contributed by atoms with Crippen molar-refractivity contribution in [2.75, 3.05) is 0 Å². The number of fused-ring (bicyclic) bond motifs is 4. The smallest absolute Gasteiger partial charge is 0.326 e. The van der Waals surface area contributed by atoms with E-state index < -0.39 is 12.0 Å². The average molecular weight is 525 g/mol. The van der Waals surface area contributed by atoms with Crippen molar-refractivity contribution in [3.63, 3.8) is 0 Å². The molecule has 1 aliphatic heterocycles. The number of carbonyl (C=O) groups excluding carboxylic acids is 1. The highest BCUT2D eigenvalue weighted by molar-refractivity contribution is 6.00. The molecular weight excluding hydrogens is 496 g/mol. The number of aliphatic carboxylic acids is 1. The monoisotopic (exact) mass is 524 g/mol. The van der Waals surface area contributed by atoms with Crippen molar-refractivity contribution in [2.24, 2.45) is 0 Å². The summed E-state index contributed by atoms with van der Waals surface area (Å²) in [6.07, 6.45) is 9.22. The number of carbonyl (C=O) groups is 2. The van der Waals surface area contributed by atoms with Gasteiger partial charge in [0.15, 0.2) is 0 Å². The summed E-state index contributed by atoms with van der Waals surface area (Å²) in [6.45, 7) is 0.134. The Hall–Kier alpha value is -4.53. The van der Waals surface area contributed by atoms with Crippen LogP contribution in [0.2, 0.25) is 0 Å². The van der Waals surface area contributed by atoms with E-state index in [1.54, 1.807) is 42.9 Å². The number of phenolic OH excluding ortho intramolecular Hbond substituents is 1. The molecule has 9 nitrogen and oxygen atoms in total. The topological polar surface area (TPSA) is 125 Å². The molecule has 1 amide bonds. The van der Waals surface area contributed by atoms with E-state index in [2.05, 4.69) is 9.55 Å². The molecule has 5 aromatic rings. The Morgan fingerprint density at radius 1 is 1.05 bits per heavy atom. The van der Waals surface area contributed by atoms with Gasteiger partial charge in [0.2, 0.25) is 0 Å². The Morgan fingerprint density at radius 2 is 1.90 bits per heavy atom. The van der Waals surface area contributed by atoms with E-state index in [9.17, 15) is 19.8 Å². The Balaban J connectivity index is 1.28. The largest absolute Gasteiger partial charge is 0.508 e. The lowest BCUT2D eigenvalue weighted by atomic mass is 9.94. The van der Waals surface area contributed by atoms with Gasteiger partial charge >= 0.3 is 5.97 Å². The summed E-state index contributed by atoms with van der Waals surface area (Å²) < 4.78 is 7.63. The second-order valence-corrected chi connectivity index (χ2v) is 10.6. The second kappa shape index (κ2) is 9.04. The lowest BCUT2D eigenvalue weighted by molar-refractivity contribution is -0.142. The first-order valence-corrected chi connectivity index (χ1v) is 13.4. The molecular formula is C30H28N4O5. The van der Waals surface area contributed by atoms with Crippen molar-refractivity contribution in [1.82, 2.24) is 19.4 Å². The summed E-state index contributed by atoms with van der Waals surface area (Å²) in [5.41, 5.74) is 5.36. The molecule has 9 heteroatoms. The number of H-pyrrole nitrogens is 1. The van der Waals surface area contributed by atoms with Crippen molar-refractivity contribution >= 4 is 33.8 Å². The van der Waals surface area contributed by atoms with Crippen molar-refractivity contribution < 1.29 is 24.2 Å².